The third-order valence-corrected chi connectivity index (χ3v) is 2.45. The predicted molar refractivity (Wildman–Crippen MR) is 47.8 cm³/mol. The molecule has 0 fully saturated rings. The third-order valence-electron chi connectivity index (χ3n) is 2.45. The highest BCUT2D eigenvalue weighted by atomic mass is 16.3. The fraction of sp³-hybridized carbons (Fsp3) is 0.700. The molecule has 0 aromatic rings. The lowest BCUT2D eigenvalue weighted by Crippen LogP contribution is -2.13. The second kappa shape index (κ2) is 4.41. The number of aliphatic hydroxyl groups is 1. The van der Waals surface area contributed by atoms with Crippen molar-refractivity contribution in [2.45, 2.75) is 32.6 Å². The maximum Gasteiger partial charge on any atom is 0.136 e. The maximum absolute atomic E-state index is 11.4. The van der Waals surface area contributed by atoms with Gasteiger partial charge in [0.15, 0.2) is 0 Å². The molecular weight excluding hydrogens is 152 g/mol. The van der Waals surface area contributed by atoms with Crippen molar-refractivity contribution in [3.63, 3.8) is 0 Å². The Kier molecular flexibility index (Phi) is 3.48. The van der Waals surface area contributed by atoms with Gasteiger partial charge >= 0.3 is 0 Å². The Hall–Kier alpha value is -0.630. The van der Waals surface area contributed by atoms with Gasteiger partial charge in [-0.25, -0.2) is 0 Å². The number of hydrogen-bond donors (Lipinski definition) is 1. The number of carbonyl (C=O) groups excluding carboxylic acids is 1. The number of allylic oxidation sites excluding steroid dienone is 2. The molecule has 2 nitrogen and oxygen atoms in total. The zero-order valence-corrected chi connectivity index (χ0v) is 7.55. The van der Waals surface area contributed by atoms with Crippen LogP contribution in [-0.4, -0.2) is 17.5 Å². The van der Waals surface area contributed by atoms with Gasteiger partial charge in [-0.3, -0.25) is 4.79 Å². The highest BCUT2D eigenvalue weighted by Crippen LogP contribution is 2.21. The molecule has 2 heteroatoms. The van der Waals surface area contributed by atoms with E-state index in [4.69, 9.17) is 5.11 Å². The molecule has 0 saturated carbocycles. The van der Waals surface area contributed by atoms with Gasteiger partial charge in [0.1, 0.15) is 5.78 Å². The molecule has 0 aliphatic heterocycles. The molecule has 0 aromatic heterocycles. The Morgan fingerprint density at radius 2 is 2.33 bits per heavy atom. The second-order valence-electron chi connectivity index (χ2n) is 3.46. The molecule has 0 heterocycles. The first kappa shape index (κ1) is 9.46. The van der Waals surface area contributed by atoms with Gasteiger partial charge in [0.05, 0.1) is 0 Å². The summed E-state index contributed by atoms with van der Waals surface area (Å²) < 4.78 is 0. The molecule has 1 aliphatic rings. The van der Waals surface area contributed by atoms with Crippen LogP contribution in [0.1, 0.15) is 32.6 Å². The maximum atomic E-state index is 11.4. The van der Waals surface area contributed by atoms with Gasteiger partial charge < -0.3 is 5.11 Å². The summed E-state index contributed by atoms with van der Waals surface area (Å²) in [6, 6.07) is 0. The molecule has 68 valence electrons. The summed E-state index contributed by atoms with van der Waals surface area (Å²) in [5.41, 5.74) is 1.31. The molecule has 0 amide bonds. The van der Waals surface area contributed by atoms with E-state index < -0.39 is 0 Å². The number of carbonyl (C=O) groups is 1. The largest absolute Gasteiger partial charge is 0.396 e. The predicted octanol–water partition coefficient (Wildman–Crippen LogP) is 1.68. The standard InChI is InChI=1S/C10H16O2/c1-8-2-4-9(6-7-11)10(12)5-3-8/h2,9,11H,3-7H2,1H3. The van der Waals surface area contributed by atoms with E-state index in [0.717, 1.165) is 12.8 Å². The van der Waals surface area contributed by atoms with Crippen molar-refractivity contribution >= 4 is 5.78 Å². The van der Waals surface area contributed by atoms with Gasteiger partial charge in [0, 0.05) is 18.9 Å². The lowest BCUT2D eigenvalue weighted by atomic mass is 9.96. The van der Waals surface area contributed by atoms with Crippen LogP contribution in [0.4, 0.5) is 0 Å². The minimum atomic E-state index is 0.0763. The van der Waals surface area contributed by atoms with E-state index in [9.17, 15) is 4.79 Å². The molecular formula is C10H16O2. The van der Waals surface area contributed by atoms with Crippen LogP contribution >= 0.6 is 0 Å². The molecule has 0 saturated heterocycles. The van der Waals surface area contributed by atoms with E-state index in [1.807, 2.05) is 0 Å². The van der Waals surface area contributed by atoms with Crippen LogP contribution in [0.2, 0.25) is 0 Å². The van der Waals surface area contributed by atoms with Crippen LogP contribution in [0, 0.1) is 5.92 Å². The number of aliphatic hydroxyl groups excluding tert-OH is 1. The molecule has 0 spiro atoms. The first-order valence-corrected chi connectivity index (χ1v) is 4.53. The van der Waals surface area contributed by atoms with Gasteiger partial charge in [-0.05, 0) is 26.2 Å². The molecule has 12 heavy (non-hydrogen) atoms. The zero-order chi connectivity index (χ0) is 8.97. The van der Waals surface area contributed by atoms with Crippen LogP contribution in [0.3, 0.4) is 0 Å². The zero-order valence-electron chi connectivity index (χ0n) is 7.55. The van der Waals surface area contributed by atoms with Crippen LogP contribution < -0.4 is 0 Å². The highest BCUT2D eigenvalue weighted by Gasteiger charge is 2.18. The third kappa shape index (κ3) is 2.45. The average molecular weight is 168 g/mol. The molecule has 1 atom stereocenters. The lowest BCUT2D eigenvalue weighted by molar-refractivity contribution is -0.123. The van der Waals surface area contributed by atoms with E-state index in [2.05, 4.69) is 13.0 Å². The molecule has 0 aromatic carbocycles. The number of rotatable bonds is 2. The smallest absolute Gasteiger partial charge is 0.136 e. The van der Waals surface area contributed by atoms with Crippen molar-refractivity contribution in [2.24, 2.45) is 5.92 Å². The Morgan fingerprint density at radius 1 is 1.58 bits per heavy atom. The summed E-state index contributed by atoms with van der Waals surface area (Å²) in [6.07, 6.45) is 5.15. The van der Waals surface area contributed by atoms with Gasteiger partial charge in [-0.15, -0.1) is 0 Å². The topological polar surface area (TPSA) is 37.3 Å². The molecule has 1 aliphatic carbocycles. The van der Waals surface area contributed by atoms with E-state index >= 15 is 0 Å². The van der Waals surface area contributed by atoms with Gasteiger partial charge in [0.25, 0.3) is 0 Å². The van der Waals surface area contributed by atoms with Crippen molar-refractivity contribution in [2.75, 3.05) is 6.61 Å². The Bertz CT molecular complexity index is 194. The summed E-state index contributed by atoms with van der Waals surface area (Å²) in [4.78, 5) is 11.4. The highest BCUT2D eigenvalue weighted by molar-refractivity contribution is 5.81. The summed E-state index contributed by atoms with van der Waals surface area (Å²) >= 11 is 0. The van der Waals surface area contributed by atoms with Crippen LogP contribution in [-0.2, 0) is 4.79 Å². The summed E-state index contributed by atoms with van der Waals surface area (Å²) in [6.45, 7) is 2.19. The summed E-state index contributed by atoms with van der Waals surface area (Å²) in [5.74, 6) is 0.393. The minimum Gasteiger partial charge on any atom is -0.396 e. The Balaban J connectivity index is 2.54. The molecule has 1 N–H and O–H groups in total. The normalized spacial score (nSPS) is 25.0. The summed E-state index contributed by atoms with van der Waals surface area (Å²) in [7, 11) is 0. The van der Waals surface area contributed by atoms with Gasteiger partial charge in [-0.2, -0.15) is 0 Å². The second-order valence-corrected chi connectivity index (χ2v) is 3.46. The monoisotopic (exact) mass is 168 g/mol. The fourth-order valence-electron chi connectivity index (χ4n) is 1.54. The van der Waals surface area contributed by atoms with E-state index in [1.54, 1.807) is 0 Å². The number of Topliss-reactive ketones (excluding diaryl/α,β-unsaturated/α-hetero) is 1. The summed E-state index contributed by atoms with van der Waals surface area (Å²) in [5, 5.41) is 8.72. The first-order valence-electron chi connectivity index (χ1n) is 4.53. The van der Waals surface area contributed by atoms with Crippen molar-refractivity contribution in [3.8, 4) is 0 Å². The van der Waals surface area contributed by atoms with Crippen LogP contribution in [0.25, 0.3) is 0 Å². The van der Waals surface area contributed by atoms with Crippen molar-refractivity contribution < 1.29 is 9.90 Å². The van der Waals surface area contributed by atoms with Crippen LogP contribution in [0.15, 0.2) is 11.6 Å². The lowest BCUT2D eigenvalue weighted by Gasteiger charge is -2.08. The SMILES string of the molecule is CC1=CCC(CCO)C(=O)CC1. The van der Waals surface area contributed by atoms with Crippen molar-refractivity contribution in [3.05, 3.63) is 11.6 Å². The van der Waals surface area contributed by atoms with E-state index in [0.29, 0.717) is 18.6 Å². The van der Waals surface area contributed by atoms with Crippen molar-refractivity contribution in [1.29, 1.82) is 0 Å². The molecule has 1 unspecified atom stereocenters. The minimum absolute atomic E-state index is 0.0763. The Labute approximate surface area is 73.3 Å². The van der Waals surface area contributed by atoms with E-state index in [1.165, 1.54) is 5.57 Å². The average Bonchev–Trinajstić information content (AvgIpc) is 2.20. The number of hydrogen-bond acceptors (Lipinski definition) is 2. The fourth-order valence-corrected chi connectivity index (χ4v) is 1.54. The van der Waals surface area contributed by atoms with Crippen molar-refractivity contribution in [1.82, 2.24) is 0 Å². The van der Waals surface area contributed by atoms with Gasteiger partial charge in [0.2, 0.25) is 0 Å². The quantitative estimate of drug-likeness (QED) is 0.637. The molecule has 0 bridgehead atoms. The Morgan fingerprint density at radius 3 is 3.00 bits per heavy atom. The first-order chi connectivity index (χ1) is 5.74. The molecule has 1 rings (SSSR count). The van der Waals surface area contributed by atoms with Gasteiger partial charge in [-0.1, -0.05) is 11.6 Å². The van der Waals surface area contributed by atoms with E-state index in [-0.39, 0.29) is 12.5 Å². The molecule has 0 radical (unpaired) electrons. The van der Waals surface area contributed by atoms with Crippen LogP contribution in [0.5, 0.6) is 0 Å². The number of ketones is 1.